The van der Waals surface area contributed by atoms with E-state index < -0.39 is 0 Å². The lowest BCUT2D eigenvalue weighted by Gasteiger charge is -2.06. The summed E-state index contributed by atoms with van der Waals surface area (Å²) in [6.07, 6.45) is 1.51. The average molecular weight is 228 g/mol. The zero-order chi connectivity index (χ0) is 12.3. The normalized spacial score (nSPS) is 9.94. The summed E-state index contributed by atoms with van der Waals surface area (Å²) in [4.78, 5) is 8.00. The Hall–Kier alpha value is -2.43. The van der Waals surface area contributed by atoms with Gasteiger partial charge in [0.15, 0.2) is 0 Å². The third-order valence-corrected chi connectivity index (χ3v) is 2.20. The van der Waals surface area contributed by atoms with Crippen molar-refractivity contribution in [3.8, 4) is 11.8 Å². The van der Waals surface area contributed by atoms with Crippen molar-refractivity contribution in [1.29, 1.82) is 5.41 Å². The Morgan fingerprint density at radius 2 is 2.06 bits per heavy atom. The van der Waals surface area contributed by atoms with Gasteiger partial charge in [-0.2, -0.15) is 4.98 Å². The zero-order valence-corrected chi connectivity index (χ0v) is 9.34. The fourth-order valence-corrected chi connectivity index (χ4v) is 1.31. The maximum atomic E-state index is 7.29. The topological polar surface area (TPSA) is 84.9 Å². The van der Waals surface area contributed by atoms with Crippen LogP contribution in [0.15, 0.2) is 36.5 Å². The molecule has 0 atom stereocenters. The summed E-state index contributed by atoms with van der Waals surface area (Å²) in [5.74, 6) is 0.579. The Labute approximate surface area is 98.8 Å². The van der Waals surface area contributed by atoms with Crippen molar-refractivity contribution >= 4 is 5.84 Å². The SMILES string of the molecule is Cc1ccccc1Oc1nccc(C(=N)N)n1. The molecule has 0 saturated heterocycles. The molecule has 0 aliphatic heterocycles. The monoisotopic (exact) mass is 228 g/mol. The van der Waals surface area contributed by atoms with E-state index in [9.17, 15) is 0 Å². The van der Waals surface area contributed by atoms with Crippen LogP contribution in [0.25, 0.3) is 0 Å². The quantitative estimate of drug-likeness (QED) is 0.620. The molecule has 0 amide bonds. The first-order chi connectivity index (χ1) is 8.16. The average Bonchev–Trinajstić information content (AvgIpc) is 2.32. The minimum absolute atomic E-state index is 0.109. The molecule has 2 rings (SSSR count). The smallest absolute Gasteiger partial charge is 0.322 e. The number of nitrogen functional groups attached to an aromatic ring is 1. The van der Waals surface area contributed by atoms with Crippen LogP contribution in [0, 0.1) is 12.3 Å². The lowest BCUT2D eigenvalue weighted by Crippen LogP contribution is -2.13. The van der Waals surface area contributed by atoms with Gasteiger partial charge in [-0.05, 0) is 24.6 Å². The van der Waals surface area contributed by atoms with Crippen LogP contribution in [0.4, 0.5) is 0 Å². The molecular weight excluding hydrogens is 216 g/mol. The molecule has 1 aromatic carbocycles. The zero-order valence-electron chi connectivity index (χ0n) is 9.34. The molecule has 5 nitrogen and oxygen atoms in total. The number of aromatic nitrogens is 2. The van der Waals surface area contributed by atoms with E-state index in [1.54, 1.807) is 6.07 Å². The van der Waals surface area contributed by atoms with Gasteiger partial charge in [0.1, 0.15) is 17.3 Å². The second kappa shape index (κ2) is 4.61. The number of hydrogen-bond acceptors (Lipinski definition) is 4. The number of amidine groups is 1. The van der Waals surface area contributed by atoms with E-state index in [-0.39, 0.29) is 11.8 Å². The van der Waals surface area contributed by atoms with Crippen LogP contribution in [-0.2, 0) is 0 Å². The first-order valence-corrected chi connectivity index (χ1v) is 5.08. The molecule has 0 radical (unpaired) electrons. The maximum absolute atomic E-state index is 7.29. The first-order valence-electron chi connectivity index (χ1n) is 5.08. The van der Waals surface area contributed by atoms with E-state index >= 15 is 0 Å². The number of benzene rings is 1. The molecule has 0 saturated carbocycles. The summed E-state index contributed by atoms with van der Waals surface area (Å²) in [6, 6.07) is 9.31. The number of nitrogens with zero attached hydrogens (tertiary/aromatic N) is 2. The van der Waals surface area contributed by atoms with Crippen molar-refractivity contribution in [2.75, 3.05) is 0 Å². The highest BCUT2D eigenvalue weighted by Gasteiger charge is 2.05. The molecule has 5 heteroatoms. The number of para-hydroxylation sites is 1. The molecule has 1 heterocycles. The predicted molar refractivity (Wildman–Crippen MR) is 64.3 cm³/mol. The van der Waals surface area contributed by atoms with Gasteiger partial charge in [0.2, 0.25) is 0 Å². The lowest BCUT2D eigenvalue weighted by atomic mass is 10.2. The molecule has 0 aliphatic rings. The highest BCUT2D eigenvalue weighted by molar-refractivity contribution is 5.92. The van der Waals surface area contributed by atoms with Crippen molar-refractivity contribution in [3.63, 3.8) is 0 Å². The number of aryl methyl sites for hydroxylation is 1. The van der Waals surface area contributed by atoms with Crippen LogP contribution in [0.3, 0.4) is 0 Å². The van der Waals surface area contributed by atoms with Crippen molar-refractivity contribution in [2.24, 2.45) is 5.73 Å². The van der Waals surface area contributed by atoms with Gasteiger partial charge in [-0.15, -0.1) is 0 Å². The summed E-state index contributed by atoms with van der Waals surface area (Å²) in [6.45, 7) is 1.93. The lowest BCUT2D eigenvalue weighted by molar-refractivity contribution is 0.438. The molecule has 17 heavy (non-hydrogen) atoms. The molecule has 1 aromatic heterocycles. The van der Waals surface area contributed by atoms with Gasteiger partial charge >= 0.3 is 6.01 Å². The third-order valence-electron chi connectivity index (χ3n) is 2.20. The molecule has 2 aromatic rings. The van der Waals surface area contributed by atoms with Gasteiger partial charge in [-0.25, -0.2) is 4.98 Å². The minimum Gasteiger partial charge on any atom is -0.424 e. The van der Waals surface area contributed by atoms with Crippen molar-refractivity contribution in [2.45, 2.75) is 6.92 Å². The second-order valence-electron chi connectivity index (χ2n) is 3.51. The summed E-state index contributed by atoms with van der Waals surface area (Å²) < 4.78 is 5.53. The van der Waals surface area contributed by atoms with Gasteiger partial charge < -0.3 is 10.5 Å². The molecule has 0 fully saturated rings. The Bertz CT molecular complexity index is 554. The third kappa shape index (κ3) is 2.57. The molecule has 3 N–H and O–H groups in total. The largest absolute Gasteiger partial charge is 0.424 e. The number of rotatable bonds is 3. The molecule has 0 aliphatic carbocycles. The summed E-state index contributed by atoms with van der Waals surface area (Å²) in [5.41, 5.74) is 6.68. The van der Waals surface area contributed by atoms with E-state index in [1.807, 2.05) is 31.2 Å². The van der Waals surface area contributed by atoms with Gasteiger partial charge in [0, 0.05) is 6.20 Å². The molecular formula is C12H12N4O. The Morgan fingerprint density at radius 3 is 2.76 bits per heavy atom. The Morgan fingerprint density at radius 1 is 1.29 bits per heavy atom. The van der Waals surface area contributed by atoms with Crippen molar-refractivity contribution < 1.29 is 4.74 Å². The summed E-state index contributed by atoms with van der Waals surface area (Å²) >= 11 is 0. The van der Waals surface area contributed by atoms with Crippen LogP contribution in [0.1, 0.15) is 11.3 Å². The molecule has 0 bridgehead atoms. The number of nitrogens with two attached hydrogens (primary N) is 1. The van der Waals surface area contributed by atoms with E-state index in [0.717, 1.165) is 5.56 Å². The van der Waals surface area contributed by atoms with Crippen molar-refractivity contribution in [3.05, 3.63) is 47.8 Å². The Kier molecular flexibility index (Phi) is 3.00. The summed E-state index contributed by atoms with van der Waals surface area (Å²) in [5, 5.41) is 7.29. The number of ether oxygens (including phenoxy) is 1. The van der Waals surface area contributed by atoms with Gasteiger partial charge in [-0.3, -0.25) is 5.41 Å². The van der Waals surface area contributed by atoms with Crippen LogP contribution < -0.4 is 10.5 Å². The highest BCUT2D eigenvalue weighted by Crippen LogP contribution is 2.21. The van der Waals surface area contributed by atoms with Crippen LogP contribution in [0.5, 0.6) is 11.8 Å². The maximum Gasteiger partial charge on any atom is 0.322 e. The van der Waals surface area contributed by atoms with E-state index in [1.165, 1.54) is 6.20 Å². The van der Waals surface area contributed by atoms with Crippen LogP contribution >= 0.6 is 0 Å². The van der Waals surface area contributed by atoms with Crippen LogP contribution in [0.2, 0.25) is 0 Å². The molecule has 86 valence electrons. The van der Waals surface area contributed by atoms with Gasteiger partial charge in [-0.1, -0.05) is 18.2 Å². The first kappa shape index (κ1) is 11.1. The van der Waals surface area contributed by atoms with E-state index in [0.29, 0.717) is 11.4 Å². The van der Waals surface area contributed by atoms with Gasteiger partial charge in [0.25, 0.3) is 0 Å². The molecule has 0 spiro atoms. The van der Waals surface area contributed by atoms with E-state index in [4.69, 9.17) is 15.9 Å². The standard InChI is InChI=1S/C12H12N4O/c1-8-4-2-3-5-10(8)17-12-15-7-6-9(16-12)11(13)14/h2-7H,1H3,(H3,13,14). The van der Waals surface area contributed by atoms with E-state index in [2.05, 4.69) is 9.97 Å². The van der Waals surface area contributed by atoms with Crippen LogP contribution in [-0.4, -0.2) is 15.8 Å². The fraction of sp³-hybridized carbons (Fsp3) is 0.0833. The van der Waals surface area contributed by atoms with Gasteiger partial charge in [0.05, 0.1) is 0 Å². The minimum atomic E-state index is -0.109. The van der Waals surface area contributed by atoms with Crippen molar-refractivity contribution in [1.82, 2.24) is 9.97 Å². The second-order valence-corrected chi connectivity index (χ2v) is 3.51. The predicted octanol–water partition coefficient (Wildman–Crippen LogP) is 1.86. The number of nitrogens with one attached hydrogen (secondary N) is 1. The fourth-order valence-electron chi connectivity index (χ4n) is 1.31. The Balaban J connectivity index is 2.28. The molecule has 0 unspecified atom stereocenters. The highest BCUT2D eigenvalue weighted by atomic mass is 16.5. The summed E-state index contributed by atoms with van der Waals surface area (Å²) in [7, 11) is 0. The number of hydrogen-bond donors (Lipinski definition) is 2.